The number of fused-ring (bicyclic) bond motifs is 2. The van der Waals surface area contributed by atoms with Crippen molar-refractivity contribution in [1.29, 1.82) is 0 Å². The SMILES string of the molecule is NC(=O)c1cccc2c1cnn2-c1nc2c(c(NCc3cccs3)n1)CCNCC2. The number of hydrogen-bond acceptors (Lipinski definition) is 7. The Hall–Kier alpha value is -3.30. The Morgan fingerprint density at radius 1 is 1.20 bits per heavy atom. The van der Waals surface area contributed by atoms with Gasteiger partial charge in [0, 0.05) is 28.8 Å². The van der Waals surface area contributed by atoms with Crippen molar-refractivity contribution in [2.75, 3.05) is 18.4 Å². The molecule has 1 aliphatic heterocycles. The van der Waals surface area contributed by atoms with Gasteiger partial charge in [-0.3, -0.25) is 4.79 Å². The topological polar surface area (TPSA) is 111 Å². The van der Waals surface area contributed by atoms with Crippen LogP contribution in [0.5, 0.6) is 0 Å². The third kappa shape index (κ3) is 3.42. The van der Waals surface area contributed by atoms with E-state index in [1.807, 2.05) is 12.1 Å². The summed E-state index contributed by atoms with van der Waals surface area (Å²) in [5.41, 5.74) is 8.88. The fourth-order valence-electron chi connectivity index (χ4n) is 3.78. The molecular weight excluding hydrogens is 398 g/mol. The first-order valence-corrected chi connectivity index (χ1v) is 10.7. The lowest BCUT2D eigenvalue weighted by molar-refractivity contribution is 0.100. The Morgan fingerprint density at radius 3 is 2.93 bits per heavy atom. The zero-order valence-electron chi connectivity index (χ0n) is 16.3. The molecule has 0 aliphatic carbocycles. The molecule has 4 aromatic rings. The number of nitrogens with one attached hydrogen (secondary N) is 2. The molecule has 0 saturated carbocycles. The molecule has 1 aliphatic rings. The van der Waals surface area contributed by atoms with Crippen molar-refractivity contribution in [3.63, 3.8) is 0 Å². The quantitative estimate of drug-likeness (QED) is 0.458. The van der Waals surface area contributed by atoms with Gasteiger partial charge in [-0.2, -0.15) is 14.8 Å². The van der Waals surface area contributed by atoms with Gasteiger partial charge >= 0.3 is 0 Å². The normalized spacial score (nSPS) is 13.7. The summed E-state index contributed by atoms with van der Waals surface area (Å²) in [5.74, 6) is 0.843. The number of thiophene rings is 1. The maximum Gasteiger partial charge on any atom is 0.253 e. The van der Waals surface area contributed by atoms with E-state index >= 15 is 0 Å². The van der Waals surface area contributed by atoms with Crippen molar-refractivity contribution in [2.24, 2.45) is 5.73 Å². The van der Waals surface area contributed by atoms with E-state index in [9.17, 15) is 4.79 Å². The van der Waals surface area contributed by atoms with Crippen LogP contribution in [0.25, 0.3) is 16.9 Å². The molecule has 4 N–H and O–H groups in total. The zero-order valence-corrected chi connectivity index (χ0v) is 17.1. The lowest BCUT2D eigenvalue weighted by Crippen LogP contribution is -2.16. The molecular formula is C21H21N7OS. The minimum absolute atomic E-state index is 0.439. The fraction of sp³-hybridized carbons (Fsp3) is 0.238. The van der Waals surface area contributed by atoms with Crippen LogP contribution in [0.3, 0.4) is 0 Å². The first-order chi connectivity index (χ1) is 14.7. The van der Waals surface area contributed by atoms with E-state index in [4.69, 9.17) is 15.7 Å². The molecule has 0 atom stereocenters. The molecule has 8 nitrogen and oxygen atoms in total. The smallest absolute Gasteiger partial charge is 0.253 e. The molecule has 0 unspecified atom stereocenters. The van der Waals surface area contributed by atoms with Crippen molar-refractivity contribution < 1.29 is 4.79 Å². The number of rotatable bonds is 5. The lowest BCUT2D eigenvalue weighted by atomic mass is 10.1. The third-order valence-electron chi connectivity index (χ3n) is 5.25. The second-order valence-corrected chi connectivity index (χ2v) is 8.17. The summed E-state index contributed by atoms with van der Waals surface area (Å²) in [4.78, 5) is 22.7. The number of carbonyl (C=O) groups is 1. The highest BCUT2D eigenvalue weighted by Crippen LogP contribution is 2.25. The predicted octanol–water partition coefficient (Wildman–Crippen LogP) is 2.28. The number of primary amides is 1. The van der Waals surface area contributed by atoms with Gasteiger partial charge in [-0.15, -0.1) is 11.3 Å². The number of nitrogens with zero attached hydrogens (tertiary/aromatic N) is 4. The number of carbonyl (C=O) groups excluding carboxylic acids is 1. The van der Waals surface area contributed by atoms with E-state index in [1.165, 1.54) is 4.88 Å². The molecule has 5 rings (SSSR count). The Balaban J connectivity index is 1.61. The first-order valence-electron chi connectivity index (χ1n) is 9.84. The van der Waals surface area contributed by atoms with Gasteiger partial charge in [0.2, 0.25) is 5.91 Å². The van der Waals surface area contributed by atoms with Crippen LogP contribution >= 0.6 is 11.3 Å². The molecule has 0 saturated heterocycles. The zero-order chi connectivity index (χ0) is 20.5. The minimum atomic E-state index is -0.479. The summed E-state index contributed by atoms with van der Waals surface area (Å²) in [6.45, 7) is 2.48. The molecule has 4 heterocycles. The Kier molecular flexibility index (Phi) is 4.89. The molecule has 1 amide bonds. The molecule has 152 valence electrons. The van der Waals surface area contributed by atoms with Gasteiger partial charge in [0.05, 0.1) is 29.5 Å². The van der Waals surface area contributed by atoms with E-state index in [0.717, 1.165) is 48.5 Å². The van der Waals surface area contributed by atoms with E-state index in [0.29, 0.717) is 23.4 Å². The van der Waals surface area contributed by atoms with Crippen LogP contribution < -0.4 is 16.4 Å². The van der Waals surface area contributed by atoms with Crippen LogP contribution in [0.15, 0.2) is 41.9 Å². The molecule has 9 heteroatoms. The molecule has 30 heavy (non-hydrogen) atoms. The van der Waals surface area contributed by atoms with E-state index in [1.54, 1.807) is 34.3 Å². The highest BCUT2D eigenvalue weighted by molar-refractivity contribution is 7.09. The van der Waals surface area contributed by atoms with Gasteiger partial charge in [-0.05, 0) is 36.5 Å². The summed E-state index contributed by atoms with van der Waals surface area (Å²) >= 11 is 1.71. The van der Waals surface area contributed by atoms with Crippen LogP contribution in [0.4, 0.5) is 5.82 Å². The van der Waals surface area contributed by atoms with Gasteiger partial charge in [-0.1, -0.05) is 12.1 Å². The highest BCUT2D eigenvalue weighted by atomic mass is 32.1. The first kappa shape index (κ1) is 18.7. The van der Waals surface area contributed by atoms with Gasteiger partial charge in [-0.25, -0.2) is 4.98 Å². The summed E-state index contributed by atoms with van der Waals surface area (Å²) in [6.07, 6.45) is 3.34. The van der Waals surface area contributed by atoms with Crippen molar-refractivity contribution in [3.8, 4) is 5.95 Å². The average molecular weight is 420 g/mol. The van der Waals surface area contributed by atoms with E-state index in [2.05, 4.69) is 27.2 Å². The third-order valence-corrected chi connectivity index (χ3v) is 6.13. The van der Waals surface area contributed by atoms with Crippen molar-refractivity contribution in [1.82, 2.24) is 25.1 Å². The fourth-order valence-corrected chi connectivity index (χ4v) is 4.43. The van der Waals surface area contributed by atoms with Crippen LogP contribution in [0.2, 0.25) is 0 Å². The van der Waals surface area contributed by atoms with E-state index < -0.39 is 5.91 Å². The van der Waals surface area contributed by atoms with Crippen LogP contribution in [-0.4, -0.2) is 38.7 Å². The molecule has 3 aromatic heterocycles. The maximum absolute atomic E-state index is 11.8. The molecule has 0 radical (unpaired) electrons. The molecule has 0 fully saturated rings. The summed E-state index contributed by atoms with van der Waals surface area (Å²) in [5, 5.41) is 14.2. The van der Waals surface area contributed by atoms with Crippen molar-refractivity contribution in [2.45, 2.75) is 19.4 Å². The monoisotopic (exact) mass is 419 g/mol. The van der Waals surface area contributed by atoms with Gasteiger partial charge in [0.1, 0.15) is 5.82 Å². The lowest BCUT2D eigenvalue weighted by Gasteiger charge is -2.14. The van der Waals surface area contributed by atoms with Crippen LogP contribution in [0, 0.1) is 0 Å². The summed E-state index contributed by atoms with van der Waals surface area (Å²) in [6, 6.07) is 9.54. The van der Waals surface area contributed by atoms with Crippen molar-refractivity contribution >= 4 is 34.0 Å². The molecule has 0 spiro atoms. The standard InChI is InChI=1S/C21H21N7OS/c22-19(29)14-4-1-5-18-16(14)12-25-28(18)21-26-17-7-9-23-8-6-15(17)20(27-21)24-11-13-3-2-10-30-13/h1-5,10,12,23H,6-9,11H2,(H2,22,29)(H,24,26,27). The average Bonchev–Trinajstić information content (AvgIpc) is 3.36. The number of aromatic nitrogens is 4. The summed E-state index contributed by atoms with van der Waals surface area (Å²) < 4.78 is 1.68. The molecule has 0 bridgehead atoms. The number of hydrogen-bond donors (Lipinski definition) is 3. The van der Waals surface area contributed by atoms with Gasteiger partial charge < -0.3 is 16.4 Å². The highest BCUT2D eigenvalue weighted by Gasteiger charge is 2.19. The Bertz CT molecular complexity index is 1220. The molecule has 1 aromatic carbocycles. The largest absolute Gasteiger partial charge is 0.366 e. The Morgan fingerprint density at radius 2 is 2.10 bits per heavy atom. The number of nitrogens with two attached hydrogens (primary N) is 1. The van der Waals surface area contributed by atoms with Crippen LogP contribution in [-0.2, 0) is 19.4 Å². The van der Waals surface area contributed by atoms with Crippen LogP contribution in [0.1, 0.15) is 26.5 Å². The number of amides is 1. The second kappa shape index (κ2) is 7.85. The maximum atomic E-state index is 11.8. The van der Waals surface area contributed by atoms with Gasteiger partial charge in [0.25, 0.3) is 5.95 Å². The minimum Gasteiger partial charge on any atom is -0.366 e. The number of anilines is 1. The van der Waals surface area contributed by atoms with E-state index in [-0.39, 0.29) is 0 Å². The summed E-state index contributed by atoms with van der Waals surface area (Å²) in [7, 11) is 0. The second-order valence-electron chi connectivity index (χ2n) is 7.14. The Labute approximate surface area is 177 Å². The van der Waals surface area contributed by atoms with Crippen molar-refractivity contribution in [3.05, 3.63) is 63.6 Å². The predicted molar refractivity (Wildman–Crippen MR) is 117 cm³/mol. The number of benzene rings is 1. The van der Waals surface area contributed by atoms with Gasteiger partial charge in [0.15, 0.2) is 0 Å².